The van der Waals surface area contributed by atoms with Crippen molar-refractivity contribution in [3.8, 4) is 0 Å². The fraction of sp³-hybridized carbons (Fsp3) is 0.667. The molecule has 0 aliphatic carbocycles. The molecule has 0 aromatic carbocycles. The molecule has 15 heavy (non-hydrogen) atoms. The smallest absolute Gasteiger partial charge is 0.00755 e. The molecule has 1 nitrogen and oxygen atoms in total. The van der Waals surface area contributed by atoms with Crippen LogP contribution in [0.4, 0.5) is 0 Å². The van der Waals surface area contributed by atoms with Gasteiger partial charge in [-0.25, -0.2) is 0 Å². The van der Waals surface area contributed by atoms with Crippen LogP contribution in [0.1, 0.15) is 26.3 Å². The minimum atomic E-state index is 0.398. The summed E-state index contributed by atoms with van der Waals surface area (Å²) < 4.78 is 0.398. The van der Waals surface area contributed by atoms with Crippen LogP contribution >= 0.6 is 23.1 Å². The minimum Gasteiger partial charge on any atom is -0.316 e. The summed E-state index contributed by atoms with van der Waals surface area (Å²) in [5.74, 6) is 1.20. The van der Waals surface area contributed by atoms with Gasteiger partial charge in [-0.05, 0) is 35.4 Å². The first-order chi connectivity index (χ1) is 7.08. The average molecular weight is 243 g/mol. The maximum absolute atomic E-state index is 3.48. The van der Waals surface area contributed by atoms with Crippen molar-refractivity contribution >= 4 is 23.1 Å². The molecular formula is C12H21NS2. The van der Waals surface area contributed by atoms with Crippen molar-refractivity contribution in [3.05, 3.63) is 22.4 Å². The fourth-order valence-corrected chi connectivity index (χ4v) is 2.78. The Balaban J connectivity index is 1.94. The van der Waals surface area contributed by atoms with Gasteiger partial charge >= 0.3 is 0 Å². The first-order valence-electron chi connectivity index (χ1n) is 5.44. The Hall–Kier alpha value is 0.01000. The molecule has 0 bridgehead atoms. The van der Waals surface area contributed by atoms with Crippen LogP contribution in [0.25, 0.3) is 0 Å². The summed E-state index contributed by atoms with van der Waals surface area (Å²) in [6, 6.07) is 2.20. The second-order valence-electron chi connectivity index (χ2n) is 4.59. The number of thioether (sulfide) groups is 1. The van der Waals surface area contributed by atoms with Crippen molar-refractivity contribution in [3.63, 3.8) is 0 Å². The van der Waals surface area contributed by atoms with Gasteiger partial charge in [0.15, 0.2) is 0 Å². The summed E-state index contributed by atoms with van der Waals surface area (Å²) in [5, 5.41) is 7.85. The van der Waals surface area contributed by atoms with Crippen LogP contribution in [0.3, 0.4) is 0 Å². The van der Waals surface area contributed by atoms with Crippen LogP contribution in [0, 0.1) is 0 Å². The van der Waals surface area contributed by atoms with Crippen molar-refractivity contribution in [1.29, 1.82) is 0 Å². The Morgan fingerprint density at radius 3 is 2.73 bits per heavy atom. The Labute approximate surface area is 102 Å². The Morgan fingerprint density at radius 1 is 1.33 bits per heavy atom. The number of hydrogen-bond acceptors (Lipinski definition) is 3. The number of rotatable bonds is 6. The Kier molecular flexibility index (Phi) is 5.72. The third-order valence-corrected chi connectivity index (χ3v) is 3.99. The van der Waals surface area contributed by atoms with Crippen molar-refractivity contribution in [2.45, 2.75) is 31.9 Å². The van der Waals surface area contributed by atoms with E-state index < -0.39 is 0 Å². The molecule has 0 aliphatic heterocycles. The van der Waals surface area contributed by atoms with E-state index in [4.69, 9.17) is 0 Å². The van der Waals surface area contributed by atoms with E-state index in [0.29, 0.717) is 4.75 Å². The van der Waals surface area contributed by atoms with Crippen LogP contribution in [-0.2, 0) is 6.42 Å². The lowest BCUT2D eigenvalue weighted by Gasteiger charge is -2.17. The minimum absolute atomic E-state index is 0.398. The zero-order valence-corrected chi connectivity index (χ0v) is 11.5. The highest BCUT2D eigenvalue weighted by Gasteiger charge is 2.08. The van der Waals surface area contributed by atoms with E-state index in [0.717, 1.165) is 19.5 Å². The van der Waals surface area contributed by atoms with Crippen LogP contribution < -0.4 is 5.32 Å². The van der Waals surface area contributed by atoms with Gasteiger partial charge in [0.2, 0.25) is 0 Å². The highest BCUT2D eigenvalue weighted by molar-refractivity contribution is 8.00. The summed E-state index contributed by atoms with van der Waals surface area (Å²) in [6.45, 7) is 9.02. The van der Waals surface area contributed by atoms with Gasteiger partial charge in [0.05, 0.1) is 0 Å². The van der Waals surface area contributed by atoms with Crippen LogP contribution in [0.2, 0.25) is 0 Å². The maximum Gasteiger partial charge on any atom is 0.00755 e. The SMILES string of the molecule is CC(C)(C)SCCNCCc1ccsc1. The topological polar surface area (TPSA) is 12.0 Å². The second-order valence-corrected chi connectivity index (χ2v) is 7.29. The first-order valence-corrected chi connectivity index (χ1v) is 7.36. The van der Waals surface area contributed by atoms with Gasteiger partial charge in [0.25, 0.3) is 0 Å². The zero-order valence-electron chi connectivity index (χ0n) is 9.88. The zero-order chi connectivity index (χ0) is 11.1. The molecule has 1 rings (SSSR count). The predicted molar refractivity (Wildman–Crippen MR) is 73.1 cm³/mol. The van der Waals surface area contributed by atoms with E-state index in [1.807, 2.05) is 11.8 Å². The Morgan fingerprint density at radius 2 is 2.13 bits per heavy atom. The highest BCUT2D eigenvalue weighted by atomic mass is 32.2. The van der Waals surface area contributed by atoms with Crippen LogP contribution in [0.15, 0.2) is 16.8 Å². The third kappa shape index (κ3) is 6.98. The van der Waals surface area contributed by atoms with Gasteiger partial charge in [-0.15, -0.1) is 0 Å². The van der Waals surface area contributed by atoms with Crippen molar-refractivity contribution < 1.29 is 0 Å². The quantitative estimate of drug-likeness (QED) is 0.769. The highest BCUT2D eigenvalue weighted by Crippen LogP contribution is 2.21. The molecule has 86 valence electrons. The number of hydrogen-bond donors (Lipinski definition) is 1. The molecule has 1 aromatic rings. The summed E-state index contributed by atoms with van der Waals surface area (Å²) >= 11 is 3.80. The fourth-order valence-electron chi connectivity index (χ4n) is 1.22. The average Bonchev–Trinajstić information content (AvgIpc) is 2.61. The molecule has 1 aromatic heterocycles. The van der Waals surface area contributed by atoms with E-state index in [1.54, 1.807) is 11.3 Å². The summed E-state index contributed by atoms with van der Waals surface area (Å²) in [6.07, 6.45) is 1.16. The molecule has 0 amide bonds. The van der Waals surface area contributed by atoms with E-state index >= 15 is 0 Å². The molecule has 0 fully saturated rings. The van der Waals surface area contributed by atoms with Gasteiger partial charge in [-0.1, -0.05) is 20.8 Å². The lowest BCUT2D eigenvalue weighted by Crippen LogP contribution is -2.22. The molecule has 3 heteroatoms. The molecule has 0 spiro atoms. The Bertz CT molecular complexity index is 249. The first kappa shape index (κ1) is 13.1. The third-order valence-electron chi connectivity index (χ3n) is 1.98. The summed E-state index contributed by atoms with van der Waals surface area (Å²) in [5.41, 5.74) is 1.45. The van der Waals surface area contributed by atoms with Gasteiger partial charge in [0.1, 0.15) is 0 Å². The molecule has 0 aliphatic rings. The van der Waals surface area contributed by atoms with Crippen molar-refractivity contribution in [1.82, 2.24) is 5.32 Å². The molecule has 0 saturated heterocycles. The van der Waals surface area contributed by atoms with Crippen molar-refractivity contribution in [2.75, 3.05) is 18.8 Å². The molecule has 0 saturated carbocycles. The second kappa shape index (κ2) is 6.56. The molecule has 0 unspecified atom stereocenters. The molecule has 1 heterocycles. The van der Waals surface area contributed by atoms with E-state index in [2.05, 4.69) is 42.9 Å². The largest absolute Gasteiger partial charge is 0.316 e. The molecule has 0 radical (unpaired) electrons. The molecular weight excluding hydrogens is 222 g/mol. The monoisotopic (exact) mass is 243 g/mol. The molecule has 0 atom stereocenters. The van der Waals surface area contributed by atoms with Gasteiger partial charge in [-0.2, -0.15) is 23.1 Å². The normalized spacial score (nSPS) is 11.9. The van der Waals surface area contributed by atoms with Crippen LogP contribution in [-0.4, -0.2) is 23.6 Å². The lowest BCUT2D eigenvalue weighted by atomic mass is 10.2. The van der Waals surface area contributed by atoms with Gasteiger partial charge < -0.3 is 5.32 Å². The van der Waals surface area contributed by atoms with Gasteiger partial charge in [0, 0.05) is 17.0 Å². The maximum atomic E-state index is 3.48. The lowest BCUT2D eigenvalue weighted by molar-refractivity contribution is 0.717. The number of thiophene rings is 1. The van der Waals surface area contributed by atoms with E-state index in [-0.39, 0.29) is 0 Å². The van der Waals surface area contributed by atoms with Gasteiger partial charge in [-0.3, -0.25) is 0 Å². The summed E-state index contributed by atoms with van der Waals surface area (Å²) in [7, 11) is 0. The predicted octanol–water partition coefficient (Wildman–Crippen LogP) is 3.41. The van der Waals surface area contributed by atoms with Crippen molar-refractivity contribution in [2.24, 2.45) is 0 Å². The van der Waals surface area contributed by atoms with E-state index in [1.165, 1.54) is 11.3 Å². The number of nitrogens with one attached hydrogen (secondary N) is 1. The molecule has 1 N–H and O–H groups in total. The van der Waals surface area contributed by atoms with E-state index in [9.17, 15) is 0 Å². The van der Waals surface area contributed by atoms with Crippen LogP contribution in [0.5, 0.6) is 0 Å². The standard InChI is InChI=1S/C12H21NS2/c1-12(2,3)15-9-7-13-6-4-11-5-8-14-10-11/h5,8,10,13H,4,6-7,9H2,1-3H3. The summed E-state index contributed by atoms with van der Waals surface area (Å²) in [4.78, 5) is 0.